The summed E-state index contributed by atoms with van der Waals surface area (Å²) >= 11 is 0. The number of phenolic OH excluding ortho intramolecular Hbond substituents is 1. The number of phenols is 1. The van der Waals surface area contributed by atoms with Crippen LogP contribution in [0.1, 0.15) is 37.3 Å². The molecule has 0 bridgehead atoms. The van der Waals surface area contributed by atoms with Crippen molar-refractivity contribution in [2.75, 3.05) is 13.1 Å². The van der Waals surface area contributed by atoms with Gasteiger partial charge in [-0.2, -0.15) is 0 Å². The zero-order valence-electron chi connectivity index (χ0n) is 18.1. The summed E-state index contributed by atoms with van der Waals surface area (Å²) in [4.78, 5) is 19.7. The lowest BCUT2D eigenvalue weighted by Crippen LogP contribution is -3.11. The molecule has 5 rings (SSSR count). The van der Waals surface area contributed by atoms with Crippen LogP contribution in [0.15, 0.2) is 45.8 Å². The van der Waals surface area contributed by atoms with Crippen molar-refractivity contribution in [1.29, 1.82) is 0 Å². The SMILES string of the molecule is CCc1cc2c(=O)c(-c3nc4ccccc4n3C)coc2c(C[NH+]2CCCCC2)c1O. The van der Waals surface area contributed by atoms with Crippen molar-refractivity contribution in [2.45, 2.75) is 39.2 Å². The Morgan fingerprint density at radius 3 is 2.71 bits per heavy atom. The van der Waals surface area contributed by atoms with Crippen LogP contribution in [-0.4, -0.2) is 27.7 Å². The van der Waals surface area contributed by atoms with Crippen molar-refractivity contribution in [3.8, 4) is 17.1 Å². The third kappa shape index (κ3) is 3.31. The van der Waals surface area contributed by atoms with Gasteiger partial charge >= 0.3 is 0 Å². The molecule has 2 aromatic carbocycles. The lowest BCUT2D eigenvalue weighted by atomic mass is 10.00. The maximum Gasteiger partial charge on any atom is 0.203 e. The minimum absolute atomic E-state index is 0.107. The van der Waals surface area contributed by atoms with E-state index in [1.54, 1.807) is 6.07 Å². The molecule has 3 heterocycles. The Bertz CT molecular complexity index is 1330. The van der Waals surface area contributed by atoms with Gasteiger partial charge in [0.05, 0.1) is 35.1 Å². The van der Waals surface area contributed by atoms with E-state index < -0.39 is 0 Å². The van der Waals surface area contributed by atoms with Crippen molar-refractivity contribution < 1.29 is 14.4 Å². The average molecular weight is 419 g/mol. The van der Waals surface area contributed by atoms with Gasteiger partial charge in [0.25, 0.3) is 0 Å². The van der Waals surface area contributed by atoms with Gasteiger partial charge in [0.1, 0.15) is 35.5 Å². The Morgan fingerprint density at radius 1 is 1.19 bits per heavy atom. The van der Waals surface area contributed by atoms with E-state index in [4.69, 9.17) is 4.42 Å². The largest absolute Gasteiger partial charge is 0.507 e. The molecule has 4 aromatic rings. The molecule has 0 radical (unpaired) electrons. The van der Waals surface area contributed by atoms with Crippen molar-refractivity contribution in [2.24, 2.45) is 7.05 Å². The number of likely N-dealkylation sites (tertiary alicyclic amines) is 1. The monoisotopic (exact) mass is 418 g/mol. The minimum atomic E-state index is -0.107. The number of nitrogens with zero attached hydrogens (tertiary/aromatic N) is 2. The smallest absolute Gasteiger partial charge is 0.203 e. The topological polar surface area (TPSA) is 72.7 Å². The summed E-state index contributed by atoms with van der Waals surface area (Å²) in [6.07, 6.45) is 5.82. The summed E-state index contributed by atoms with van der Waals surface area (Å²) in [5.74, 6) is 0.859. The van der Waals surface area contributed by atoms with Crippen LogP contribution >= 0.6 is 0 Å². The van der Waals surface area contributed by atoms with E-state index in [1.807, 2.05) is 42.8 Å². The molecule has 1 aliphatic heterocycles. The second-order valence-corrected chi connectivity index (χ2v) is 8.54. The highest BCUT2D eigenvalue weighted by atomic mass is 16.3. The molecule has 1 aliphatic rings. The van der Waals surface area contributed by atoms with Crippen LogP contribution in [0.25, 0.3) is 33.4 Å². The van der Waals surface area contributed by atoms with Gasteiger partial charge in [0, 0.05) is 7.05 Å². The molecule has 0 spiro atoms. The van der Waals surface area contributed by atoms with Crippen molar-refractivity contribution in [1.82, 2.24) is 9.55 Å². The quantitative estimate of drug-likeness (QED) is 0.534. The maximum atomic E-state index is 13.6. The standard InChI is InChI=1S/C25H27N3O3/c1-3-16-13-17-23(30)19(25-26-20-9-5-6-10-21(20)27(25)2)15-31-24(17)18(22(16)29)14-28-11-7-4-8-12-28/h5-6,9-10,13,15,29H,3-4,7-8,11-12,14H2,1-2H3/p+1. The number of rotatable bonds is 4. The first-order valence-corrected chi connectivity index (χ1v) is 11.1. The fraction of sp³-hybridized carbons (Fsp3) is 0.360. The molecule has 0 saturated carbocycles. The van der Waals surface area contributed by atoms with E-state index in [1.165, 1.54) is 30.4 Å². The zero-order chi connectivity index (χ0) is 21.5. The minimum Gasteiger partial charge on any atom is -0.507 e. The van der Waals surface area contributed by atoms with Crippen LogP contribution in [0, 0.1) is 0 Å². The highest BCUT2D eigenvalue weighted by Gasteiger charge is 2.24. The van der Waals surface area contributed by atoms with Crippen LogP contribution in [0.3, 0.4) is 0 Å². The number of benzene rings is 2. The van der Waals surface area contributed by atoms with Crippen LogP contribution in [0.2, 0.25) is 0 Å². The highest BCUT2D eigenvalue weighted by molar-refractivity contribution is 5.87. The first-order chi connectivity index (χ1) is 15.1. The lowest BCUT2D eigenvalue weighted by Gasteiger charge is -2.24. The third-order valence-corrected chi connectivity index (χ3v) is 6.61. The van der Waals surface area contributed by atoms with Gasteiger partial charge in [-0.25, -0.2) is 4.98 Å². The van der Waals surface area contributed by atoms with E-state index in [0.717, 1.165) is 35.2 Å². The number of aryl methyl sites for hydroxylation is 2. The molecule has 160 valence electrons. The molecular formula is C25H28N3O3+. The number of aromatic nitrogens is 2. The number of piperidine rings is 1. The van der Waals surface area contributed by atoms with Crippen LogP contribution in [-0.2, 0) is 20.0 Å². The number of aromatic hydroxyl groups is 1. The first-order valence-electron chi connectivity index (χ1n) is 11.1. The molecule has 2 aromatic heterocycles. The van der Waals surface area contributed by atoms with Crippen molar-refractivity contribution in [3.05, 3.63) is 57.9 Å². The third-order valence-electron chi connectivity index (χ3n) is 6.61. The van der Waals surface area contributed by atoms with Gasteiger partial charge < -0.3 is 19.0 Å². The number of hydrogen-bond donors (Lipinski definition) is 2. The summed E-state index contributed by atoms with van der Waals surface area (Å²) in [7, 11) is 1.91. The fourth-order valence-electron chi connectivity index (χ4n) is 4.84. The Morgan fingerprint density at radius 2 is 1.97 bits per heavy atom. The van der Waals surface area contributed by atoms with Crippen LogP contribution in [0.4, 0.5) is 0 Å². The molecule has 1 fully saturated rings. The lowest BCUT2D eigenvalue weighted by molar-refractivity contribution is -0.918. The highest BCUT2D eigenvalue weighted by Crippen LogP contribution is 2.32. The summed E-state index contributed by atoms with van der Waals surface area (Å²) in [6, 6.07) is 9.61. The van der Waals surface area contributed by atoms with E-state index in [9.17, 15) is 9.90 Å². The molecule has 0 atom stereocenters. The molecule has 6 heteroatoms. The molecule has 2 N–H and O–H groups in total. The Balaban J connectivity index is 1.69. The van der Waals surface area contributed by atoms with E-state index in [-0.39, 0.29) is 11.2 Å². The number of nitrogens with one attached hydrogen (secondary N) is 1. The van der Waals surface area contributed by atoms with E-state index in [2.05, 4.69) is 4.98 Å². The number of fused-ring (bicyclic) bond motifs is 2. The zero-order valence-corrected chi connectivity index (χ0v) is 18.1. The molecule has 0 unspecified atom stereocenters. The summed E-state index contributed by atoms with van der Waals surface area (Å²) in [6.45, 7) is 4.83. The normalized spacial score (nSPS) is 15.2. The second-order valence-electron chi connectivity index (χ2n) is 8.54. The van der Waals surface area contributed by atoms with Gasteiger partial charge in [-0.1, -0.05) is 19.1 Å². The Hall–Kier alpha value is -3.12. The molecule has 0 aliphatic carbocycles. The number of hydrogen-bond acceptors (Lipinski definition) is 4. The van der Waals surface area contributed by atoms with Crippen molar-refractivity contribution >= 4 is 22.0 Å². The van der Waals surface area contributed by atoms with Crippen LogP contribution in [0.5, 0.6) is 5.75 Å². The maximum absolute atomic E-state index is 13.6. The van der Waals surface area contributed by atoms with Gasteiger partial charge in [-0.05, 0) is 49.4 Å². The van der Waals surface area contributed by atoms with Crippen LogP contribution < -0.4 is 10.3 Å². The molecule has 6 nitrogen and oxygen atoms in total. The van der Waals surface area contributed by atoms with Gasteiger partial charge in [0.15, 0.2) is 0 Å². The van der Waals surface area contributed by atoms with Gasteiger partial charge in [-0.15, -0.1) is 0 Å². The molecule has 31 heavy (non-hydrogen) atoms. The van der Waals surface area contributed by atoms with E-state index in [0.29, 0.717) is 35.3 Å². The predicted molar refractivity (Wildman–Crippen MR) is 121 cm³/mol. The average Bonchev–Trinajstić information content (AvgIpc) is 3.13. The van der Waals surface area contributed by atoms with E-state index >= 15 is 0 Å². The molecule has 0 amide bonds. The summed E-state index contributed by atoms with van der Waals surface area (Å²) in [5, 5.41) is 11.5. The second kappa shape index (κ2) is 7.85. The number of quaternary nitrogens is 1. The number of imidazole rings is 1. The van der Waals surface area contributed by atoms with Crippen molar-refractivity contribution in [3.63, 3.8) is 0 Å². The Labute approximate surface area is 180 Å². The molecular weight excluding hydrogens is 390 g/mol. The predicted octanol–water partition coefficient (Wildman–Crippen LogP) is 3.18. The van der Waals surface area contributed by atoms with Gasteiger partial charge in [-0.3, -0.25) is 4.79 Å². The fourth-order valence-corrected chi connectivity index (χ4v) is 4.84. The van der Waals surface area contributed by atoms with Gasteiger partial charge in [0.2, 0.25) is 5.43 Å². The number of para-hydroxylation sites is 2. The molecule has 1 saturated heterocycles. The summed E-state index contributed by atoms with van der Waals surface area (Å²) in [5.41, 5.74) is 4.17. The first kappa shape index (κ1) is 19.8. The Kier molecular flexibility index (Phi) is 5.02. The summed E-state index contributed by atoms with van der Waals surface area (Å²) < 4.78 is 7.98.